The zero-order valence-corrected chi connectivity index (χ0v) is 13.5. The topological polar surface area (TPSA) is 72.6 Å². The van der Waals surface area contributed by atoms with Crippen molar-refractivity contribution in [3.63, 3.8) is 0 Å². The number of hydrogen-bond donors (Lipinski definition) is 1. The molecule has 0 saturated heterocycles. The highest BCUT2D eigenvalue weighted by Crippen LogP contribution is 2.23. The Kier molecular flexibility index (Phi) is 6.42. The standard InChI is InChI=1S/C13H21ClN2O3S/c1-10(2)16(6-7-19-3)20(17,18)12-4-5-13(14)11(8-12)9-15/h4-5,8,10H,6-7,9,15H2,1-3H3. The molecule has 0 heterocycles. The van der Waals surface area contributed by atoms with Gasteiger partial charge in [-0.1, -0.05) is 11.6 Å². The van der Waals surface area contributed by atoms with Crippen LogP contribution in [-0.2, 0) is 21.3 Å². The Labute approximate surface area is 125 Å². The first kappa shape index (κ1) is 17.4. The van der Waals surface area contributed by atoms with Crippen molar-refractivity contribution in [2.75, 3.05) is 20.3 Å². The minimum absolute atomic E-state index is 0.160. The van der Waals surface area contributed by atoms with Crippen molar-refractivity contribution in [1.82, 2.24) is 4.31 Å². The summed E-state index contributed by atoms with van der Waals surface area (Å²) in [4.78, 5) is 0.201. The van der Waals surface area contributed by atoms with Crippen LogP contribution in [0.3, 0.4) is 0 Å². The minimum atomic E-state index is -3.58. The lowest BCUT2D eigenvalue weighted by Gasteiger charge is -2.25. The quantitative estimate of drug-likeness (QED) is 0.832. The summed E-state index contributed by atoms with van der Waals surface area (Å²) in [6, 6.07) is 4.43. The molecule has 1 aromatic rings. The van der Waals surface area contributed by atoms with Gasteiger partial charge in [-0.25, -0.2) is 8.42 Å². The molecule has 0 saturated carbocycles. The summed E-state index contributed by atoms with van der Waals surface area (Å²) in [6.07, 6.45) is 0. The highest BCUT2D eigenvalue weighted by molar-refractivity contribution is 7.89. The van der Waals surface area contributed by atoms with Crippen molar-refractivity contribution < 1.29 is 13.2 Å². The number of nitrogens with zero attached hydrogens (tertiary/aromatic N) is 1. The molecule has 1 rings (SSSR count). The zero-order valence-electron chi connectivity index (χ0n) is 12.0. The second-order valence-electron chi connectivity index (χ2n) is 4.66. The van der Waals surface area contributed by atoms with Crippen LogP contribution in [0.2, 0.25) is 5.02 Å². The maximum absolute atomic E-state index is 12.6. The minimum Gasteiger partial charge on any atom is -0.383 e. The lowest BCUT2D eigenvalue weighted by molar-refractivity contribution is 0.171. The fourth-order valence-electron chi connectivity index (χ4n) is 1.84. The molecule has 0 aromatic heterocycles. The number of rotatable bonds is 7. The predicted molar refractivity (Wildman–Crippen MR) is 80.2 cm³/mol. The average molecular weight is 321 g/mol. The Balaban J connectivity index is 3.19. The molecule has 20 heavy (non-hydrogen) atoms. The lowest BCUT2D eigenvalue weighted by atomic mass is 10.2. The fourth-order valence-corrected chi connectivity index (χ4v) is 3.71. The maximum Gasteiger partial charge on any atom is 0.243 e. The van der Waals surface area contributed by atoms with E-state index in [1.165, 1.54) is 16.4 Å². The molecule has 0 atom stereocenters. The molecule has 0 aliphatic heterocycles. The van der Waals surface area contributed by atoms with Gasteiger partial charge < -0.3 is 10.5 Å². The predicted octanol–water partition coefficient (Wildman–Crippen LogP) is 1.84. The first-order valence-corrected chi connectivity index (χ1v) is 8.15. The van der Waals surface area contributed by atoms with Gasteiger partial charge in [-0.2, -0.15) is 4.31 Å². The molecule has 0 amide bonds. The smallest absolute Gasteiger partial charge is 0.243 e. The first-order chi connectivity index (χ1) is 9.34. The number of hydrogen-bond acceptors (Lipinski definition) is 4. The van der Waals surface area contributed by atoms with Crippen LogP contribution in [-0.4, -0.2) is 39.0 Å². The van der Waals surface area contributed by atoms with Gasteiger partial charge in [-0.05, 0) is 37.6 Å². The van der Waals surface area contributed by atoms with E-state index in [4.69, 9.17) is 22.1 Å². The van der Waals surface area contributed by atoms with Crippen molar-refractivity contribution in [1.29, 1.82) is 0 Å². The van der Waals surface area contributed by atoms with E-state index >= 15 is 0 Å². The van der Waals surface area contributed by atoms with Crippen molar-refractivity contribution >= 4 is 21.6 Å². The third-order valence-electron chi connectivity index (χ3n) is 2.94. The van der Waals surface area contributed by atoms with E-state index in [-0.39, 0.29) is 17.5 Å². The van der Waals surface area contributed by atoms with Crippen molar-refractivity contribution in [2.45, 2.75) is 31.3 Å². The summed E-state index contributed by atoms with van der Waals surface area (Å²) >= 11 is 5.96. The normalized spacial score (nSPS) is 12.3. The molecule has 1 aromatic carbocycles. The summed E-state index contributed by atoms with van der Waals surface area (Å²) in [5.74, 6) is 0. The highest BCUT2D eigenvalue weighted by atomic mass is 35.5. The number of nitrogens with two attached hydrogens (primary N) is 1. The molecular weight excluding hydrogens is 300 g/mol. The van der Waals surface area contributed by atoms with E-state index in [2.05, 4.69) is 0 Å². The largest absolute Gasteiger partial charge is 0.383 e. The molecule has 0 fully saturated rings. The summed E-state index contributed by atoms with van der Waals surface area (Å²) < 4.78 is 31.7. The molecule has 2 N–H and O–H groups in total. The van der Waals surface area contributed by atoms with Gasteiger partial charge in [0.25, 0.3) is 0 Å². The van der Waals surface area contributed by atoms with Gasteiger partial charge in [0.05, 0.1) is 11.5 Å². The summed E-state index contributed by atoms with van der Waals surface area (Å²) in [5, 5.41) is 0.472. The number of benzene rings is 1. The molecule has 0 aliphatic carbocycles. The van der Waals surface area contributed by atoms with Crippen LogP contribution >= 0.6 is 11.6 Å². The first-order valence-electron chi connectivity index (χ1n) is 6.33. The van der Waals surface area contributed by atoms with E-state index in [1.54, 1.807) is 13.2 Å². The second kappa shape index (κ2) is 7.38. The van der Waals surface area contributed by atoms with Crippen LogP contribution in [0.25, 0.3) is 0 Å². The SMILES string of the molecule is COCCN(C(C)C)S(=O)(=O)c1ccc(Cl)c(CN)c1. The molecule has 5 nitrogen and oxygen atoms in total. The lowest BCUT2D eigenvalue weighted by Crippen LogP contribution is -2.39. The van der Waals surface area contributed by atoms with Gasteiger partial charge >= 0.3 is 0 Å². The third-order valence-corrected chi connectivity index (χ3v) is 5.38. The summed E-state index contributed by atoms with van der Waals surface area (Å²) in [6.45, 7) is 4.49. The molecule has 0 unspecified atom stereocenters. The number of sulfonamides is 1. The van der Waals surface area contributed by atoms with Gasteiger partial charge in [0.2, 0.25) is 10.0 Å². The zero-order chi connectivity index (χ0) is 15.3. The van der Waals surface area contributed by atoms with Crippen molar-refractivity contribution in [3.8, 4) is 0 Å². The Hall–Kier alpha value is -0.660. The van der Waals surface area contributed by atoms with Crippen LogP contribution in [0.5, 0.6) is 0 Å². The number of methoxy groups -OCH3 is 1. The van der Waals surface area contributed by atoms with Gasteiger partial charge in [0.15, 0.2) is 0 Å². The van der Waals surface area contributed by atoms with Crippen LogP contribution in [0.1, 0.15) is 19.4 Å². The molecule has 0 spiro atoms. The summed E-state index contributed by atoms with van der Waals surface area (Å²) in [7, 11) is -2.04. The van der Waals surface area contributed by atoms with Crippen LogP contribution in [0, 0.1) is 0 Å². The second-order valence-corrected chi connectivity index (χ2v) is 6.96. The molecule has 0 bridgehead atoms. The highest BCUT2D eigenvalue weighted by Gasteiger charge is 2.27. The van der Waals surface area contributed by atoms with Gasteiger partial charge in [-0.15, -0.1) is 0 Å². The van der Waals surface area contributed by atoms with E-state index in [9.17, 15) is 8.42 Å². The number of ether oxygens (including phenoxy) is 1. The van der Waals surface area contributed by atoms with Crippen LogP contribution in [0.15, 0.2) is 23.1 Å². The molecule has 0 radical (unpaired) electrons. The molecule has 7 heteroatoms. The Bertz CT molecular complexity index is 547. The number of halogens is 1. The molecule has 114 valence electrons. The van der Waals surface area contributed by atoms with Crippen LogP contribution < -0.4 is 5.73 Å². The van der Waals surface area contributed by atoms with Crippen molar-refractivity contribution in [2.24, 2.45) is 5.73 Å². The van der Waals surface area contributed by atoms with Gasteiger partial charge in [0, 0.05) is 31.3 Å². The monoisotopic (exact) mass is 320 g/mol. The van der Waals surface area contributed by atoms with E-state index in [0.717, 1.165) is 0 Å². The van der Waals surface area contributed by atoms with E-state index in [0.29, 0.717) is 23.7 Å². The summed E-state index contributed by atoms with van der Waals surface area (Å²) in [5.41, 5.74) is 6.18. The van der Waals surface area contributed by atoms with Crippen molar-refractivity contribution in [3.05, 3.63) is 28.8 Å². The molecular formula is C13H21ClN2O3S. The third kappa shape index (κ3) is 3.93. The van der Waals surface area contributed by atoms with Gasteiger partial charge in [-0.3, -0.25) is 0 Å². The van der Waals surface area contributed by atoms with Crippen LogP contribution in [0.4, 0.5) is 0 Å². The Morgan fingerprint density at radius 3 is 2.55 bits per heavy atom. The Morgan fingerprint density at radius 2 is 2.05 bits per heavy atom. The maximum atomic E-state index is 12.6. The van der Waals surface area contributed by atoms with Gasteiger partial charge in [0.1, 0.15) is 0 Å². The fraction of sp³-hybridized carbons (Fsp3) is 0.538. The van der Waals surface area contributed by atoms with E-state index in [1.807, 2.05) is 13.8 Å². The van der Waals surface area contributed by atoms with E-state index < -0.39 is 10.0 Å². The average Bonchev–Trinajstić information content (AvgIpc) is 2.38. The Morgan fingerprint density at radius 1 is 1.40 bits per heavy atom. The molecule has 0 aliphatic rings.